The van der Waals surface area contributed by atoms with Gasteiger partial charge in [-0.2, -0.15) is 11.8 Å². The third-order valence-corrected chi connectivity index (χ3v) is 4.51. The van der Waals surface area contributed by atoms with Crippen molar-refractivity contribution in [2.24, 2.45) is 0 Å². The minimum atomic E-state index is -0.214. The van der Waals surface area contributed by atoms with E-state index >= 15 is 0 Å². The van der Waals surface area contributed by atoms with E-state index in [-0.39, 0.29) is 6.10 Å². The van der Waals surface area contributed by atoms with Crippen molar-refractivity contribution in [3.05, 3.63) is 29.8 Å². The fourth-order valence-corrected chi connectivity index (χ4v) is 3.10. The Morgan fingerprint density at radius 3 is 2.94 bits per heavy atom. The number of para-hydroxylation sites is 1. The van der Waals surface area contributed by atoms with Crippen molar-refractivity contribution in [3.8, 4) is 5.75 Å². The number of rotatable bonds is 5. The van der Waals surface area contributed by atoms with Crippen LogP contribution in [0.25, 0.3) is 0 Å². The SMILES string of the molecule is CC(C)SCC(O)CC1CCOc2ccccc21. The molecule has 2 unspecified atom stereocenters. The van der Waals surface area contributed by atoms with Gasteiger partial charge in [-0.05, 0) is 35.6 Å². The maximum Gasteiger partial charge on any atom is 0.122 e. The van der Waals surface area contributed by atoms with Gasteiger partial charge in [0.25, 0.3) is 0 Å². The molecule has 0 saturated heterocycles. The third-order valence-electron chi connectivity index (χ3n) is 3.26. The molecule has 1 aliphatic rings. The summed E-state index contributed by atoms with van der Waals surface area (Å²) < 4.78 is 5.65. The molecule has 1 N–H and O–H groups in total. The Labute approximate surface area is 114 Å². The number of benzene rings is 1. The summed E-state index contributed by atoms with van der Waals surface area (Å²) in [6.07, 6.45) is 1.65. The van der Waals surface area contributed by atoms with Crippen LogP contribution < -0.4 is 4.74 Å². The lowest BCUT2D eigenvalue weighted by Gasteiger charge is -2.27. The normalized spacial score (nSPS) is 20.3. The molecule has 0 spiro atoms. The predicted molar refractivity (Wildman–Crippen MR) is 77.5 cm³/mol. The van der Waals surface area contributed by atoms with E-state index < -0.39 is 0 Å². The standard InChI is InChI=1S/C15H22O2S/c1-11(2)18-10-13(16)9-12-7-8-17-15-6-4-3-5-14(12)15/h3-6,11-13,16H,7-10H2,1-2H3. The van der Waals surface area contributed by atoms with Crippen LogP contribution in [-0.2, 0) is 0 Å². The van der Waals surface area contributed by atoms with Gasteiger partial charge >= 0.3 is 0 Å². The minimum Gasteiger partial charge on any atom is -0.493 e. The second-order valence-corrected chi connectivity index (χ2v) is 6.75. The van der Waals surface area contributed by atoms with Crippen molar-refractivity contribution in [1.82, 2.24) is 0 Å². The van der Waals surface area contributed by atoms with Crippen LogP contribution in [0, 0.1) is 0 Å². The second-order valence-electron chi connectivity index (χ2n) is 5.14. The van der Waals surface area contributed by atoms with Crippen molar-refractivity contribution in [3.63, 3.8) is 0 Å². The zero-order chi connectivity index (χ0) is 13.0. The number of hydrogen-bond acceptors (Lipinski definition) is 3. The van der Waals surface area contributed by atoms with Gasteiger partial charge in [0.1, 0.15) is 5.75 Å². The second kappa shape index (κ2) is 6.48. The molecule has 0 bridgehead atoms. The zero-order valence-electron chi connectivity index (χ0n) is 11.1. The summed E-state index contributed by atoms with van der Waals surface area (Å²) in [5.74, 6) is 2.27. The maximum atomic E-state index is 10.1. The van der Waals surface area contributed by atoms with Crippen molar-refractivity contribution in [2.75, 3.05) is 12.4 Å². The van der Waals surface area contributed by atoms with E-state index in [4.69, 9.17) is 4.74 Å². The Morgan fingerprint density at radius 2 is 2.17 bits per heavy atom. The Kier molecular flexibility index (Phi) is 4.95. The summed E-state index contributed by atoms with van der Waals surface area (Å²) in [5, 5.41) is 10.7. The molecule has 3 heteroatoms. The molecule has 0 aromatic heterocycles. The lowest BCUT2D eigenvalue weighted by Crippen LogP contribution is -2.21. The van der Waals surface area contributed by atoms with Gasteiger partial charge in [0, 0.05) is 5.75 Å². The van der Waals surface area contributed by atoms with E-state index in [0.717, 1.165) is 31.0 Å². The average Bonchev–Trinajstić information content (AvgIpc) is 2.37. The van der Waals surface area contributed by atoms with Crippen LogP contribution in [0.1, 0.15) is 38.2 Å². The zero-order valence-corrected chi connectivity index (χ0v) is 12.0. The van der Waals surface area contributed by atoms with Crippen LogP contribution in [0.2, 0.25) is 0 Å². The van der Waals surface area contributed by atoms with Crippen LogP contribution in [0.15, 0.2) is 24.3 Å². The molecule has 0 radical (unpaired) electrons. The van der Waals surface area contributed by atoms with Gasteiger partial charge < -0.3 is 9.84 Å². The number of fused-ring (bicyclic) bond motifs is 1. The summed E-state index contributed by atoms with van der Waals surface area (Å²) in [5.41, 5.74) is 1.26. The molecule has 2 nitrogen and oxygen atoms in total. The van der Waals surface area contributed by atoms with E-state index in [1.54, 1.807) is 0 Å². The lowest BCUT2D eigenvalue weighted by atomic mass is 9.88. The first kappa shape index (κ1) is 13.8. The molecule has 1 aliphatic heterocycles. The first-order valence-corrected chi connectivity index (χ1v) is 7.73. The third kappa shape index (κ3) is 3.66. The average molecular weight is 266 g/mol. The molecule has 0 amide bonds. The molecular weight excluding hydrogens is 244 g/mol. The maximum absolute atomic E-state index is 10.1. The number of aliphatic hydroxyl groups is 1. The van der Waals surface area contributed by atoms with E-state index in [1.165, 1.54) is 5.56 Å². The van der Waals surface area contributed by atoms with Gasteiger partial charge in [-0.3, -0.25) is 0 Å². The lowest BCUT2D eigenvalue weighted by molar-refractivity contribution is 0.163. The van der Waals surface area contributed by atoms with Crippen LogP contribution in [-0.4, -0.2) is 28.8 Å². The molecule has 100 valence electrons. The van der Waals surface area contributed by atoms with Gasteiger partial charge in [0.05, 0.1) is 12.7 Å². The number of thioether (sulfide) groups is 1. The molecule has 1 heterocycles. The number of hydrogen-bond donors (Lipinski definition) is 1. The molecule has 1 aromatic rings. The summed E-state index contributed by atoms with van der Waals surface area (Å²) in [7, 11) is 0. The first-order valence-electron chi connectivity index (χ1n) is 6.68. The molecule has 0 fully saturated rings. The Balaban J connectivity index is 1.94. The number of aliphatic hydroxyl groups excluding tert-OH is 1. The molecule has 2 rings (SSSR count). The largest absolute Gasteiger partial charge is 0.493 e. The molecule has 1 aromatic carbocycles. The van der Waals surface area contributed by atoms with Crippen molar-refractivity contribution in [1.29, 1.82) is 0 Å². The van der Waals surface area contributed by atoms with E-state index in [2.05, 4.69) is 26.0 Å². The molecule has 2 atom stereocenters. The van der Waals surface area contributed by atoms with Crippen LogP contribution in [0.3, 0.4) is 0 Å². The van der Waals surface area contributed by atoms with Gasteiger partial charge in [-0.15, -0.1) is 0 Å². The first-order chi connectivity index (χ1) is 8.66. The Morgan fingerprint density at radius 1 is 1.39 bits per heavy atom. The monoisotopic (exact) mass is 266 g/mol. The van der Waals surface area contributed by atoms with Gasteiger partial charge in [-0.25, -0.2) is 0 Å². The molecule has 0 aliphatic carbocycles. The van der Waals surface area contributed by atoms with Gasteiger partial charge in [0.2, 0.25) is 0 Å². The highest BCUT2D eigenvalue weighted by molar-refractivity contribution is 7.99. The highest BCUT2D eigenvalue weighted by atomic mass is 32.2. The topological polar surface area (TPSA) is 29.5 Å². The quantitative estimate of drug-likeness (QED) is 0.885. The van der Waals surface area contributed by atoms with Gasteiger partial charge in [-0.1, -0.05) is 32.0 Å². The molecule has 0 saturated carbocycles. The highest BCUT2D eigenvalue weighted by Gasteiger charge is 2.23. The van der Waals surface area contributed by atoms with E-state index in [0.29, 0.717) is 11.2 Å². The highest BCUT2D eigenvalue weighted by Crippen LogP contribution is 2.36. The number of ether oxygens (including phenoxy) is 1. The van der Waals surface area contributed by atoms with Crippen LogP contribution in [0.5, 0.6) is 5.75 Å². The fourth-order valence-electron chi connectivity index (χ4n) is 2.36. The summed E-state index contributed by atoms with van der Waals surface area (Å²) >= 11 is 1.83. The predicted octanol–water partition coefficient (Wildman–Crippen LogP) is 3.45. The van der Waals surface area contributed by atoms with E-state index in [1.807, 2.05) is 23.9 Å². The van der Waals surface area contributed by atoms with Crippen molar-refractivity contribution in [2.45, 2.75) is 44.0 Å². The van der Waals surface area contributed by atoms with Crippen LogP contribution in [0.4, 0.5) is 0 Å². The fraction of sp³-hybridized carbons (Fsp3) is 0.600. The van der Waals surface area contributed by atoms with E-state index in [9.17, 15) is 5.11 Å². The summed E-state index contributed by atoms with van der Waals surface area (Å²) in [6, 6.07) is 8.21. The Bertz CT molecular complexity index is 379. The Hall–Kier alpha value is -0.670. The van der Waals surface area contributed by atoms with Crippen molar-refractivity contribution >= 4 is 11.8 Å². The molecule has 18 heavy (non-hydrogen) atoms. The van der Waals surface area contributed by atoms with Crippen molar-refractivity contribution < 1.29 is 9.84 Å². The summed E-state index contributed by atoms with van der Waals surface area (Å²) in [4.78, 5) is 0. The van der Waals surface area contributed by atoms with Crippen LogP contribution >= 0.6 is 11.8 Å². The molecular formula is C15H22O2S. The van der Waals surface area contributed by atoms with Gasteiger partial charge in [0.15, 0.2) is 0 Å². The minimum absolute atomic E-state index is 0.214. The summed E-state index contributed by atoms with van der Waals surface area (Å²) in [6.45, 7) is 5.11. The smallest absolute Gasteiger partial charge is 0.122 e.